The Morgan fingerprint density at radius 3 is 2.73 bits per heavy atom. The number of nitrogens with two attached hydrogens (primary N) is 1. The second-order valence-electron chi connectivity index (χ2n) is 3.14. The van der Waals surface area contributed by atoms with Crippen LogP contribution in [-0.2, 0) is 0 Å². The van der Waals surface area contributed by atoms with E-state index >= 15 is 0 Å². The highest BCUT2D eigenvalue weighted by Crippen LogP contribution is 2.24. The van der Waals surface area contributed by atoms with Crippen molar-refractivity contribution in [1.29, 1.82) is 0 Å². The van der Waals surface area contributed by atoms with Crippen LogP contribution in [0.5, 0.6) is 5.75 Å². The molecule has 5 heteroatoms. The van der Waals surface area contributed by atoms with E-state index in [1.807, 2.05) is 25.1 Å². The average molecular weight is 205 g/mol. The van der Waals surface area contributed by atoms with E-state index in [-0.39, 0.29) is 6.01 Å². The first kappa shape index (κ1) is 9.51. The number of benzene rings is 1. The molecule has 0 saturated heterocycles. The third-order valence-corrected chi connectivity index (χ3v) is 2.09. The predicted molar refractivity (Wildman–Crippen MR) is 55.4 cm³/mol. The maximum atomic E-state index is 5.35. The van der Waals surface area contributed by atoms with Crippen LogP contribution in [-0.4, -0.2) is 17.3 Å². The molecule has 0 saturated carbocycles. The summed E-state index contributed by atoms with van der Waals surface area (Å²) in [4.78, 5) is 3.94. The van der Waals surface area contributed by atoms with Crippen molar-refractivity contribution in [3.8, 4) is 17.1 Å². The van der Waals surface area contributed by atoms with Crippen LogP contribution in [0.25, 0.3) is 11.4 Å². The Labute approximate surface area is 86.9 Å². The molecule has 2 N–H and O–H groups in total. The van der Waals surface area contributed by atoms with Gasteiger partial charge in [-0.25, -0.2) is 0 Å². The van der Waals surface area contributed by atoms with Gasteiger partial charge in [0.05, 0.1) is 7.11 Å². The second kappa shape index (κ2) is 3.61. The monoisotopic (exact) mass is 205 g/mol. The number of aryl methyl sites for hydroxylation is 1. The zero-order valence-electron chi connectivity index (χ0n) is 8.52. The molecule has 1 aromatic carbocycles. The zero-order valence-corrected chi connectivity index (χ0v) is 8.52. The van der Waals surface area contributed by atoms with Crippen molar-refractivity contribution in [2.45, 2.75) is 6.92 Å². The third kappa shape index (κ3) is 1.76. The Morgan fingerprint density at radius 2 is 2.20 bits per heavy atom. The van der Waals surface area contributed by atoms with Gasteiger partial charge in [0.25, 0.3) is 0 Å². The molecule has 0 unspecified atom stereocenters. The minimum absolute atomic E-state index is 0.0680. The molecule has 5 nitrogen and oxygen atoms in total. The minimum atomic E-state index is 0.0680. The summed E-state index contributed by atoms with van der Waals surface area (Å²) in [6, 6.07) is 5.70. The van der Waals surface area contributed by atoms with E-state index in [9.17, 15) is 0 Å². The second-order valence-corrected chi connectivity index (χ2v) is 3.14. The standard InChI is InChI=1S/C10H11N3O2/c1-6-5-7(3-4-8(6)14-2)9-12-10(11)15-13-9/h3-5H,1-2H3,(H2,11,12,13). The van der Waals surface area contributed by atoms with Crippen molar-refractivity contribution in [3.63, 3.8) is 0 Å². The average Bonchev–Trinajstić information content (AvgIpc) is 2.65. The normalized spacial score (nSPS) is 10.3. The van der Waals surface area contributed by atoms with Gasteiger partial charge in [-0.05, 0) is 30.7 Å². The van der Waals surface area contributed by atoms with E-state index in [0.29, 0.717) is 5.82 Å². The van der Waals surface area contributed by atoms with Crippen LogP contribution >= 0.6 is 0 Å². The van der Waals surface area contributed by atoms with Crippen molar-refractivity contribution in [3.05, 3.63) is 23.8 Å². The maximum absolute atomic E-state index is 5.35. The molecule has 0 amide bonds. The molecule has 0 bridgehead atoms. The number of nitrogens with zero attached hydrogens (tertiary/aromatic N) is 2. The quantitative estimate of drug-likeness (QED) is 0.806. The number of hydrogen-bond donors (Lipinski definition) is 1. The molecule has 0 radical (unpaired) electrons. The van der Waals surface area contributed by atoms with Crippen LogP contribution in [0.1, 0.15) is 5.56 Å². The van der Waals surface area contributed by atoms with Crippen molar-refractivity contribution >= 4 is 6.01 Å². The first-order valence-electron chi connectivity index (χ1n) is 4.45. The van der Waals surface area contributed by atoms with Gasteiger partial charge in [0.1, 0.15) is 5.75 Å². The number of aromatic nitrogens is 2. The van der Waals surface area contributed by atoms with Crippen molar-refractivity contribution in [2.75, 3.05) is 12.8 Å². The SMILES string of the molecule is COc1ccc(-c2noc(N)n2)cc1C. The number of methoxy groups -OCH3 is 1. The molecule has 0 atom stereocenters. The Hall–Kier alpha value is -2.04. The van der Waals surface area contributed by atoms with Gasteiger partial charge in [-0.1, -0.05) is 5.16 Å². The van der Waals surface area contributed by atoms with Gasteiger partial charge in [-0.3, -0.25) is 0 Å². The number of ether oxygens (including phenoxy) is 1. The van der Waals surface area contributed by atoms with Gasteiger partial charge in [-0.15, -0.1) is 0 Å². The summed E-state index contributed by atoms with van der Waals surface area (Å²) < 4.78 is 9.85. The van der Waals surface area contributed by atoms with E-state index < -0.39 is 0 Å². The van der Waals surface area contributed by atoms with Gasteiger partial charge in [-0.2, -0.15) is 4.98 Å². The van der Waals surface area contributed by atoms with Crippen LogP contribution in [0.3, 0.4) is 0 Å². The molecular formula is C10H11N3O2. The van der Waals surface area contributed by atoms with E-state index in [0.717, 1.165) is 16.9 Å². The smallest absolute Gasteiger partial charge is 0.319 e. The summed E-state index contributed by atoms with van der Waals surface area (Å²) in [7, 11) is 1.63. The van der Waals surface area contributed by atoms with Crippen LogP contribution < -0.4 is 10.5 Å². The lowest BCUT2D eigenvalue weighted by Crippen LogP contribution is -1.89. The largest absolute Gasteiger partial charge is 0.496 e. The Balaban J connectivity index is 2.42. The number of nitrogen functional groups attached to an aromatic ring is 1. The molecular weight excluding hydrogens is 194 g/mol. The number of anilines is 1. The fraction of sp³-hybridized carbons (Fsp3) is 0.200. The lowest BCUT2D eigenvalue weighted by molar-refractivity contribution is 0.411. The fourth-order valence-electron chi connectivity index (χ4n) is 1.37. The fourth-order valence-corrected chi connectivity index (χ4v) is 1.37. The Kier molecular flexibility index (Phi) is 2.29. The van der Waals surface area contributed by atoms with Crippen LogP contribution in [0, 0.1) is 6.92 Å². The van der Waals surface area contributed by atoms with Gasteiger partial charge in [0, 0.05) is 5.56 Å². The molecule has 78 valence electrons. The van der Waals surface area contributed by atoms with Crippen molar-refractivity contribution in [2.24, 2.45) is 0 Å². The summed E-state index contributed by atoms with van der Waals surface area (Å²) >= 11 is 0. The lowest BCUT2D eigenvalue weighted by Gasteiger charge is -2.04. The van der Waals surface area contributed by atoms with Crippen LogP contribution in [0.4, 0.5) is 6.01 Å². The van der Waals surface area contributed by atoms with E-state index in [1.54, 1.807) is 7.11 Å². The molecule has 0 aliphatic carbocycles. The minimum Gasteiger partial charge on any atom is -0.496 e. The van der Waals surface area contributed by atoms with Gasteiger partial charge < -0.3 is 15.0 Å². The summed E-state index contributed by atoms with van der Waals surface area (Å²) in [5.74, 6) is 1.31. The molecule has 2 rings (SSSR count). The third-order valence-electron chi connectivity index (χ3n) is 2.09. The summed E-state index contributed by atoms with van der Waals surface area (Å²) in [5, 5.41) is 3.73. The van der Waals surface area contributed by atoms with Gasteiger partial charge in [0.2, 0.25) is 5.82 Å². The molecule has 1 aromatic heterocycles. The molecule has 15 heavy (non-hydrogen) atoms. The van der Waals surface area contributed by atoms with E-state index in [2.05, 4.69) is 10.1 Å². The van der Waals surface area contributed by atoms with E-state index in [4.69, 9.17) is 15.0 Å². The van der Waals surface area contributed by atoms with Crippen molar-refractivity contribution < 1.29 is 9.26 Å². The Morgan fingerprint density at radius 1 is 1.40 bits per heavy atom. The highest BCUT2D eigenvalue weighted by Gasteiger charge is 2.07. The molecule has 0 fully saturated rings. The predicted octanol–water partition coefficient (Wildman–Crippen LogP) is 1.64. The molecule has 2 aromatic rings. The van der Waals surface area contributed by atoms with E-state index in [1.165, 1.54) is 0 Å². The Bertz CT molecular complexity index is 479. The molecule has 0 aliphatic heterocycles. The molecule has 1 heterocycles. The summed E-state index contributed by atoms with van der Waals surface area (Å²) in [6.45, 7) is 1.95. The molecule has 0 spiro atoms. The van der Waals surface area contributed by atoms with Crippen LogP contribution in [0.15, 0.2) is 22.7 Å². The van der Waals surface area contributed by atoms with Gasteiger partial charge >= 0.3 is 6.01 Å². The summed E-state index contributed by atoms with van der Waals surface area (Å²) in [6.07, 6.45) is 0. The summed E-state index contributed by atoms with van der Waals surface area (Å²) in [5.41, 5.74) is 7.21. The lowest BCUT2D eigenvalue weighted by atomic mass is 10.1. The highest BCUT2D eigenvalue weighted by molar-refractivity contribution is 5.58. The van der Waals surface area contributed by atoms with Crippen molar-refractivity contribution in [1.82, 2.24) is 10.1 Å². The highest BCUT2D eigenvalue weighted by atomic mass is 16.5. The van der Waals surface area contributed by atoms with Crippen LogP contribution in [0.2, 0.25) is 0 Å². The zero-order chi connectivity index (χ0) is 10.8. The maximum Gasteiger partial charge on any atom is 0.319 e. The first-order chi connectivity index (χ1) is 7.20. The topological polar surface area (TPSA) is 74.2 Å². The molecule has 0 aliphatic rings. The first-order valence-corrected chi connectivity index (χ1v) is 4.45. The van der Waals surface area contributed by atoms with Gasteiger partial charge in [0.15, 0.2) is 0 Å². The number of hydrogen-bond acceptors (Lipinski definition) is 5. The number of rotatable bonds is 2.